The summed E-state index contributed by atoms with van der Waals surface area (Å²) in [7, 11) is 0. The number of fused-ring (bicyclic) bond motifs is 1. The number of imide groups is 1. The third-order valence-corrected chi connectivity index (χ3v) is 6.95. The quantitative estimate of drug-likeness (QED) is 0.528. The molecule has 3 aromatic rings. The number of ether oxygens (including phenoxy) is 3. The van der Waals surface area contributed by atoms with Crippen LogP contribution in [-0.4, -0.2) is 47.3 Å². The third kappa shape index (κ3) is 4.22. The van der Waals surface area contributed by atoms with Crippen molar-refractivity contribution in [2.24, 2.45) is 11.7 Å². The molecule has 8 nitrogen and oxygen atoms in total. The number of carbonyl (C=O) groups excluding carboxylic acids is 2. The average molecular weight is 503 g/mol. The molecule has 2 aliphatic heterocycles. The van der Waals surface area contributed by atoms with Crippen LogP contribution in [0.4, 0.5) is 4.79 Å². The predicted molar refractivity (Wildman–Crippen MR) is 136 cm³/mol. The minimum Gasteiger partial charge on any atom is -0.486 e. The summed E-state index contributed by atoms with van der Waals surface area (Å²) in [5.41, 5.74) is 6.94. The van der Waals surface area contributed by atoms with E-state index < -0.39 is 35.8 Å². The molecule has 0 spiro atoms. The monoisotopic (exact) mass is 502 g/mol. The van der Waals surface area contributed by atoms with Gasteiger partial charge in [-0.2, -0.15) is 0 Å². The topological polar surface area (TPSA) is 111 Å². The molecule has 5 rings (SSSR count). The van der Waals surface area contributed by atoms with Crippen molar-refractivity contribution in [2.75, 3.05) is 13.2 Å². The molecule has 37 heavy (non-hydrogen) atoms. The second kappa shape index (κ2) is 9.88. The lowest BCUT2D eigenvalue weighted by atomic mass is 9.75. The SMILES string of the molecule is CC(C)C1N(C(=O)[C@@H](N)[C@H](O)c2ccc3c(c2)OCCO3)C(=O)OC1(c1ccccc1)c1ccccc1. The first-order chi connectivity index (χ1) is 17.8. The maximum absolute atomic E-state index is 13.8. The summed E-state index contributed by atoms with van der Waals surface area (Å²) in [5.74, 6) is 0.102. The van der Waals surface area contributed by atoms with Gasteiger partial charge in [0.15, 0.2) is 17.1 Å². The van der Waals surface area contributed by atoms with E-state index in [4.69, 9.17) is 19.9 Å². The molecule has 0 bridgehead atoms. The molecule has 8 heteroatoms. The number of aliphatic hydroxyl groups excluding tert-OH is 1. The van der Waals surface area contributed by atoms with E-state index in [2.05, 4.69) is 0 Å². The molecular weight excluding hydrogens is 472 g/mol. The molecular formula is C29H30N2O6. The highest BCUT2D eigenvalue weighted by Crippen LogP contribution is 2.47. The van der Waals surface area contributed by atoms with E-state index in [0.29, 0.717) is 30.3 Å². The highest BCUT2D eigenvalue weighted by molar-refractivity contribution is 5.97. The van der Waals surface area contributed by atoms with Crippen LogP contribution >= 0.6 is 0 Å². The first kappa shape index (κ1) is 24.8. The number of cyclic esters (lactones) is 1. The largest absolute Gasteiger partial charge is 0.486 e. The van der Waals surface area contributed by atoms with Gasteiger partial charge in [-0.25, -0.2) is 9.69 Å². The molecule has 0 aliphatic carbocycles. The Balaban J connectivity index is 1.53. The Kier molecular flexibility index (Phi) is 6.62. The minimum absolute atomic E-state index is 0.200. The van der Waals surface area contributed by atoms with E-state index >= 15 is 0 Å². The molecule has 192 valence electrons. The van der Waals surface area contributed by atoms with Gasteiger partial charge in [-0.1, -0.05) is 80.6 Å². The van der Waals surface area contributed by atoms with Crippen LogP contribution in [0, 0.1) is 5.92 Å². The van der Waals surface area contributed by atoms with Crippen LogP contribution < -0.4 is 15.2 Å². The van der Waals surface area contributed by atoms with Crippen LogP contribution in [0.15, 0.2) is 78.9 Å². The van der Waals surface area contributed by atoms with Gasteiger partial charge in [0.2, 0.25) is 0 Å². The molecule has 1 unspecified atom stereocenters. The number of nitrogens with zero attached hydrogens (tertiary/aromatic N) is 1. The zero-order valence-electron chi connectivity index (χ0n) is 20.7. The van der Waals surface area contributed by atoms with Gasteiger partial charge in [-0.05, 0) is 23.6 Å². The maximum atomic E-state index is 13.8. The van der Waals surface area contributed by atoms with Crippen molar-refractivity contribution in [3.8, 4) is 11.5 Å². The van der Waals surface area contributed by atoms with Crippen molar-refractivity contribution < 1.29 is 28.9 Å². The van der Waals surface area contributed by atoms with E-state index in [1.807, 2.05) is 74.5 Å². The zero-order chi connectivity index (χ0) is 26.2. The maximum Gasteiger partial charge on any atom is 0.418 e. The van der Waals surface area contributed by atoms with Gasteiger partial charge in [0, 0.05) is 11.1 Å². The molecule has 3 aromatic carbocycles. The summed E-state index contributed by atoms with van der Waals surface area (Å²) in [6.07, 6.45) is -2.19. The first-order valence-electron chi connectivity index (χ1n) is 12.3. The Morgan fingerprint density at radius 2 is 1.51 bits per heavy atom. The Bertz CT molecular complexity index is 1240. The molecule has 2 heterocycles. The van der Waals surface area contributed by atoms with Gasteiger partial charge < -0.3 is 25.1 Å². The number of aliphatic hydroxyl groups is 1. The first-order valence-corrected chi connectivity index (χ1v) is 12.3. The summed E-state index contributed by atoms with van der Waals surface area (Å²) in [6.45, 7) is 4.67. The molecule has 1 saturated heterocycles. The number of hydrogen-bond donors (Lipinski definition) is 2. The number of amides is 2. The summed E-state index contributed by atoms with van der Waals surface area (Å²) < 4.78 is 17.3. The lowest BCUT2D eigenvalue weighted by molar-refractivity contribution is -0.134. The van der Waals surface area contributed by atoms with E-state index in [-0.39, 0.29) is 5.92 Å². The smallest absolute Gasteiger partial charge is 0.418 e. The summed E-state index contributed by atoms with van der Waals surface area (Å²) in [4.78, 5) is 28.3. The van der Waals surface area contributed by atoms with Gasteiger partial charge in [0.25, 0.3) is 5.91 Å². The fourth-order valence-electron chi connectivity index (χ4n) is 5.28. The highest BCUT2D eigenvalue weighted by atomic mass is 16.6. The van der Waals surface area contributed by atoms with Crippen LogP contribution in [0.25, 0.3) is 0 Å². The van der Waals surface area contributed by atoms with Crippen molar-refractivity contribution in [3.63, 3.8) is 0 Å². The fourth-order valence-corrected chi connectivity index (χ4v) is 5.28. The fraction of sp³-hybridized carbons (Fsp3) is 0.310. The summed E-state index contributed by atoms with van der Waals surface area (Å²) >= 11 is 0. The number of carbonyl (C=O) groups is 2. The minimum atomic E-state index is -1.42. The second-order valence-electron chi connectivity index (χ2n) is 9.61. The number of nitrogens with two attached hydrogens (primary N) is 1. The third-order valence-electron chi connectivity index (χ3n) is 6.95. The van der Waals surface area contributed by atoms with Crippen molar-refractivity contribution in [1.29, 1.82) is 0 Å². The Labute approximate surface area is 215 Å². The van der Waals surface area contributed by atoms with Crippen LogP contribution in [0.3, 0.4) is 0 Å². The number of hydrogen-bond acceptors (Lipinski definition) is 7. The standard InChI is InChI=1S/C29H30N2O6/c1-18(2)26-29(20-9-5-3-6-10-20,21-11-7-4-8-12-21)37-28(34)31(26)27(33)24(30)25(32)19-13-14-22-23(17-19)36-16-15-35-22/h3-14,17-18,24-26,32H,15-16,30H2,1-2H3/t24-,25+,26?/m0/s1. The van der Waals surface area contributed by atoms with Gasteiger partial charge in [-0.3, -0.25) is 4.79 Å². The van der Waals surface area contributed by atoms with E-state index in [0.717, 1.165) is 16.0 Å². The van der Waals surface area contributed by atoms with Gasteiger partial charge >= 0.3 is 6.09 Å². The zero-order valence-corrected chi connectivity index (χ0v) is 20.7. The molecule has 1 fully saturated rings. The van der Waals surface area contributed by atoms with E-state index in [9.17, 15) is 14.7 Å². The Morgan fingerprint density at radius 3 is 2.08 bits per heavy atom. The molecule has 0 saturated carbocycles. The van der Waals surface area contributed by atoms with Crippen molar-refractivity contribution in [3.05, 3.63) is 95.6 Å². The van der Waals surface area contributed by atoms with Gasteiger partial charge in [-0.15, -0.1) is 0 Å². The number of rotatable bonds is 6. The van der Waals surface area contributed by atoms with Crippen LogP contribution in [0.1, 0.15) is 36.6 Å². The average Bonchev–Trinajstić information content (AvgIpc) is 3.26. The van der Waals surface area contributed by atoms with Crippen LogP contribution in [-0.2, 0) is 15.1 Å². The van der Waals surface area contributed by atoms with Crippen molar-refractivity contribution >= 4 is 12.0 Å². The van der Waals surface area contributed by atoms with Gasteiger partial charge in [0.1, 0.15) is 25.4 Å². The molecule has 2 amide bonds. The number of benzene rings is 3. The lowest BCUT2D eigenvalue weighted by Gasteiger charge is -2.38. The predicted octanol–water partition coefficient (Wildman–Crippen LogP) is 3.77. The summed E-state index contributed by atoms with van der Waals surface area (Å²) in [6, 6.07) is 21.5. The molecule has 0 aromatic heterocycles. The van der Waals surface area contributed by atoms with Gasteiger partial charge in [0.05, 0.1) is 6.04 Å². The second-order valence-corrected chi connectivity index (χ2v) is 9.61. The van der Waals surface area contributed by atoms with E-state index in [1.165, 1.54) is 0 Å². The lowest BCUT2D eigenvalue weighted by Crippen LogP contribution is -2.55. The molecule has 0 radical (unpaired) electrons. The molecule has 2 aliphatic rings. The molecule has 3 atom stereocenters. The highest BCUT2D eigenvalue weighted by Gasteiger charge is 2.60. The normalized spacial score (nSPS) is 19.9. The van der Waals surface area contributed by atoms with Crippen molar-refractivity contribution in [1.82, 2.24) is 4.90 Å². The summed E-state index contributed by atoms with van der Waals surface area (Å²) in [5, 5.41) is 11.1. The Morgan fingerprint density at radius 1 is 0.946 bits per heavy atom. The van der Waals surface area contributed by atoms with Crippen LogP contribution in [0.2, 0.25) is 0 Å². The Hall–Kier alpha value is -3.88. The van der Waals surface area contributed by atoms with E-state index in [1.54, 1.807) is 18.2 Å². The van der Waals surface area contributed by atoms with Crippen LogP contribution in [0.5, 0.6) is 11.5 Å². The van der Waals surface area contributed by atoms with Crippen molar-refractivity contribution in [2.45, 2.75) is 37.6 Å². The molecule has 3 N–H and O–H groups in total.